The van der Waals surface area contributed by atoms with Crippen LogP contribution in [0.1, 0.15) is 44.9 Å². The van der Waals surface area contributed by atoms with Gasteiger partial charge in [0.05, 0.1) is 31.7 Å². The van der Waals surface area contributed by atoms with Gasteiger partial charge >= 0.3 is 6.18 Å². The molecule has 0 saturated heterocycles. The lowest BCUT2D eigenvalue weighted by atomic mass is 10.0. The molecule has 0 aliphatic carbocycles. The van der Waals surface area contributed by atoms with E-state index in [9.17, 15) is 13.2 Å². The molecule has 1 aromatic heterocycles. The lowest BCUT2D eigenvalue weighted by Gasteiger charge is -2.14. The summed E-state index contributed by atoms with van der Waals surface area (Å²) in [6.07, 6.45) is -1.28. The molecule has 0 amide bonds. The van der Waals surface area contributed by atoms with E-state index >= 15 is 0 Å². The number of allylic oxidation sites excluding steroid dienone is 1. The number of hydrogen-bond donors (Lipinski definition) is 3. The molecular formula is C22H30F3N6O2+. The number of anilines is 2. The summed E-state index contributed by atoms with van der Waals surface area (Å²) < 4.78 is 47.6. The Kier molecular flexibility index (Phi) is 9.74. The van der Waals surface area contributed by atoms with Crippen molar-refractivity contribution in [1.29, 1.82) is 5.53 Å². The quantitative estimate of drug-likeness (QED) is 0.377. The molecule has 2 rings (SSSR count). The molecule has 0 atom stereocenters. The number of benzene rings is 1. The van der Waals surface area contributed by atoms with Crippen LogP contribution in [-0.2, 0) is 11.3 Å². The van der Waals surface area contributed by atoms with Crippen molar-refractivity contribution < 1.29 is 28.0 Å². The summed E-state index contributed by atoms with van der Waals surface area (Å²) in [5.74, 6) is 1.40. The summed E-state index contributed by atoms with van der Waals surface area (Å²) in [4.78, 5) is 8.75. The zero-order chi connectivity index (χ0) is 24.4. The maximum absolute atomic E-state index is 12.4. The van der Waals surface area contributed by atoms with Gasteiger partial charge in [-0.3, -0.25) is 5.32 Å². The van der Waals surface area contributed by atoms with Gasteiger partial charge in [0.25, 0.3) is 0 Å². The topological polar surface area (TPSA) is 109 Å². The molecule has 1 aromatic carbocycles. The second-order valence-electron chi connectivity index (χ2n) is 7.70. The van der Waals surface area contributed by atoms with Crippen LogP contribution in [0.2, 0.25) is 0 Å². The van der Waals surface area contributed by atoms with E-state index in [0.717, 1.165) is 24.0 Å². The Morgan fingerprint density at radius 2 is 2.03 bits per heavy atom. The maximum atomic E-state index is 12.4. The average molecular weight is 468 g/mol. The number of ether oxygens (including phenoxy) is 2. The summed E-state index contributed by atoms with van der Waals surface area (Å²) in [5.41, 5.74) is 9.82. The molecule has 0 bridgehead atoms. The van der Waals surface area contributed by atoms with Gasteiger partial charge in [-0.15, -0.1) is 0 Å². The van der Waals surface area contributed by atoms with Crippen LogP contribution in [0.5, 0.6) is 5.75 Å². The van der Waals surface area contributed by atoms with Crippen molar-refractivity contribution in [1.82, 2.24) is 9.97 Å². The highest BCUT2D eigenvalue weighted by Crippen LogP contribution is 2.32. The van der Waals surface area contributed by atoms with E-state index in [-0.39, 0.29) is 18.6 Å². The predicted molar refractivity (Wildman–Crippen MR) is 119 cm³/mol. The number of aromatic nitrogens is 2. The molecule has 4 N–H and O–H groups in total. The highest BCUT2D eigenvalue weighted by molar-refractivity contribution is 5.73. The van der Waals surface area contributed by atoms with Gasteiger partial charge in [-0.05, 0) is 38.0 Å². The minimum atomic E-state index is -4.41. The number of alkyl halides is 3. The minimum absolute atomic E-state index is 0.183. The van der Waals surface area contributed by atoms with E-state index < -0.39 is 12.8 Å². The molecule has 0 unspecified atom stereocenters. The first-order valence-corrected chi connectivity index (χ1v) is 10.5. The van der Waals surface area contributed by atoms with Crippen LogP contribution >= 0.6 is 0 Å². The number of nitrogens with two attached hydrogens (primary N) is 1. The highest BCUT2D eigenvalue weighted by Gasteiger charge is 2.27. The number of methoxy groups -OCH3 is 1. The highest BCUT2D eigenvalue weighted by atomic mass is 19.4. The monoisotopic (exact) mass is 467 g/mol. The lowest BCUT2D eigenvalue weighted by molar-refractivity contribution is -0.606. The second-order valence-corrected chi connectivity index (χ2v) is 7.70. The van der Waals surface area contributed by atoms with Gasteiger partial charge in [0.15, 0.2) is 0 Å². The largest absolute Gasteiger partial charge is 0.496 e. The minimum Gasteiger partial charge on any atom is -0.496 e. The lowest BCUT2D eigenvalue weighted by Crippen LogP contribution is -2.83. The van der Waals surface area contributed by atoms with E-state index in [1.807, 2.05) is 38.2 Å². The number of rotatable bonds is 12. The normalized spacial score (nSPS) is 12.2. The van der Waals surface area contributed by atoms with Gasteiger partial charge in [0.1, 0.15) is 12.4 Å². The predicted octanol–water partition coefficient (Wildman–Crippen LogP) is 5.08. The Balaban J connectivity index is 2.31. The van der Waals surface area contributed by atoms with E-state index in [4.69, 9.17) is 15.0 Å². The molecule has 11 heteroatoms. The zero-order valence-corrected chi connectivity index (χ0v) is 19.2. The van der Waals surface area contributed by atoms with E-state index in [2.05, 4.69) is 20.4 Å². The Bertz CT molecular complexity index is 964. The second kappa shape index (κ2) is 12.3. The molecule has 0 aliphatic heterocycles. The van der Waals surface area contributed by atoms with Gasteiger partial charge in [-0.25, -0.2) is 10.5 Å². The number of hydrogen-bond acceptors (Lipinski definition) is 7. The van der Waals surface area contributed by atoms with Crippen LogP contribution in [0.15, 0.2) is 35.6 Å². The summed E-state index contributed by atoms with van der Waals surface area (Å²) in [6.45, 7) is 4.35. The first-order valence-electron chi connectivity index (χ1n) is 10.5. The van der Waals surface area contributed by atoms with Gasteiger partial charge < -0.3 is 14.8 Å². The van der Waals surface area contributed by atoms with Crippen molar-refractivity contribution >= 4 is 23.0 Å². The van der Waals surface area contributed by atoms with Crippen LogP contribution < -0.4 is 15.4 Å². The third-order valence-corrected chi connectivity index (χ3v) is 4.36. The Morgan fingerprint density at radius 1 is 1.27 bits per heavy atom. The molecule has 0 saturated carbocycles. The van der Waals surface area contributed by atoms with Crippen LogP contribution in [0.25, 0.3) is 5.57 Å². The molecule has 1 heterocycles. The van der Waals surface area contributed by atoms with Crippen molar-refractivity contribution in [2.45, 2.75) is 52.4 Å². The van der Waals surface area contributed by atoms with Gasteiger partial charge in [0, 0.05) is 23.4 Å². The van der Waals surface area contributed by atoms with Gasteiger partial charge in [0.2, 0.25) is 11.8 Å². The molecule has 0 fully saturated rings. The number of quaternary nitrogens is 1. The number of nitrogens with one attached hydrogen (secondary N) is 2. The fourth-order valence-corrected chi connectivity index (χ4v) is 3.13. The Labute approximate surface area is 191 Å². The molecule has 2 aromatic rings. The Hall–Kier alpha value is -3.05. The zero-order valence-electron chi connectivity index (χ0n) is 19.2. The molecule has 0 spiro atoms. The van der Waals surface area contributed by atoms with Crippen LogP contribution in [0, 0.1) is 5.53 Å². The Morgan fingerprint density at radius 3 is 2.64 bits per heavy atom. The first kappa shape index (κ1) is 26.2. The maximum Gasteiger partial charge on any atom is 0.411 e. The van der Waals surface area contributed by atoms with Crippen LogP contribution in [-0.4, -0.2) is 35.9 Å². The summed E-state index contributed by atoms with van der Waals surface area (Å²) in [6, 6.07) is 7.23. The summed E-state index contributed by atoms with van der Waals surface area (Å²) in [5, 5.41) is 8.36. The van der Waals surface area contributed by atoms with Crippen molar-refractivity contribution in [2.24, 2.45) is 5.11 Å². The fourth-order valence-electron chi connectivity index (χ4n) is 3.13. The smallest absolute Gasteiger partial charge is 0.411 e. The number of halogens is 3. The molecular weight excluding hydrogens is 437 g/mol. The standard InChI is InChI=1S/C22H29F3N6O2/c1-5-6-15(11-27-26)18-8-7-16(9-19(18)32-4)29-21-30-17(12-33-13-22(23,24)25)10-20(31-21)28-14(2)3/h7-11,14,26H,5-6,12-13H2,1-4H3,(H2,28,29,30,31)/p+1. The third-order valence-electron chi connectivity index (χ3n) is 4.36. The van der Waals surface area contributed by atoms with Crippen LogP contribution in [0.3, 0.4) is 0 Å². The molecule has 0 radical (unpaired) electrons. The summed E-state index contributed by atoms with van der Waals surface area (Å²) >= 11 is 0. The van der Waals surface area contributed by atoms with E-state index in [1.54, 1.807) is 19.2 Å². The third kappa shape index (κ3) is 8.78. The molecule has 8 nitrogen and oxygen atoms in total. The summed E-state index contributed by atoms with van der Waals surface area (Å²) in [7, 11) is 1.55. The molecule has 33 heavy (non-hydrogen) atoms. The van der Waals surface area contributed by atoms with Gasteiger partial charge in [-0.2, -0.15) is 23.3 Å². The van der Waals surface area contributed by atoms with Crippen molar-refractivity contribution in [3.05, 3.63) is 41.7 Å². The average Bonchev–Trinajstić information content (AvgIpc) is 2.72. The number of nitrogens with zero attached hydrogens (tertiary/aromatic N) is 3. The van der Waals surface area contributed by atoms with Crippen LogP contribution in [0.4, 0.5) is 30.6 Å². The SMILES string of the molecule is CCCC(=CN=N)c1ccc(Nc2nc(COCC(F)(F)F)cc([NH2+]C(C)C)n2)cc1OC. The van der Waals surface area contributed by atoms with E-state index in [0.29, 0.717) is 22.9 Å². The van der Waals surface area contributed by atoms with Gasteiger partial charge in [-0.1, -0.05) is 13.3 Å². The molecule has 0 aliphatic rings. The van der Waals surface area contributed by atoms with E-state index in [1.165, 1.54) is 6.20 Å². The van der Waals surface area contributed by atoms with Crippen molar-refractivity contribution in [2.75, 3.05) is 19.0 Å². The fraction of sp³-hybridized carbons (Fsp3) is 0.455. The molecule has 180 valence electrons. The van der Waals surface area contributed by atoms with Crippen molar-refractivity contribution in [3.63, 3.8) is 0 Å². The first-order chi connectivity index (χ1) is 15.6. The van der Waals surface area contributed by atoms with Crippen molar-refractivity contribution in [3.8, 4) is 5.75 Å².